The molecule has 2 rings (SSSR count). The molecule has 0 radical (unpaired) electrons. The van der Waals surface area contributed by atoms with Crippen LogP contribution in [0.25, 0.3) is 11.3 Å². The van der Waals surface area contributed by atoms with Crippen molar-refractivity contribution in [2.45, 2.75) is 26.2 Å². The number of aryl methyl sites for hydroxylation is 2. The van der Waals surface area contributed by atoms with Gasteiger partial charge in [-0.25, -0.2) is 4.98 Å². The molecule has 1 aromatic heterocycles. The quantitative estimate of drug-likeness (QED) is 0.734. The van der Waals surface area contributed by atoms with E-state index in [2.05, 4.69) is 41.6 Å². The highest BCUT2D eigenvalue weighted by atomic mass is 32.1. The molecule has 0 aliphatic heterocycles. The first-order chi connectivity index (χ1) is 8.83. The molecule has 0 bridgehead atoms. The standard InChI is InChI=1S/C15H19NOS/c1-3-12-6-8-13(9-7-12)14-11-18-15(16-14)5-4-10-17-2/h6-9,11H,3-5,10H2,1-2H3. The van der Waals surface area contributed by atoms with Crippen molar-refractivity contribution in [1.29, 1.82) is 0 Å². The van der Waals surface area contributed by atoms with Gasteiger partial charge in [-0.05, 0) is 18.4 Å². The van der Waals surface area contributed by atoms with Crippen LogP contribution in [0.2, 0.25) is 0 Å². The molecule has 0 atom stereocenters. The Morgan fingerprint density at radius 3 is 2.67 bits per heavy atom. The number of rotatable bonds is 6. The Labute approximate surface area is 113 Å². The maximum absolute atomic E-state index is 5.06. The van der Waals surface area contributed by atoms with Crippen LogP contribution in [0.5, 0.6) is 0 Å². The first-order valence-corrected chi connectivity index (χ1v) is 7.24. The first kappa shape index (κ1) is 13.2. The monoisotopic (exact) mass is 261 g/mol. The van der Waals surface area contributed by atoms with Crippen molar-refractivity contribution in [1.82, 2.24) is 4.98 Å². The molecule has 96 valence electrons. The van der Waals surface area contributed by atoms with Crippen molar-refractivity contribution < 1.29 is 4.74 Å². The Bertz CT molecular complexity index is 475. The molecule has 0 unspecified atom stereocenters. The SMILES string of the molecule is CCc1ccc(-c2csc(CCCOC)n2)cc1. The molecule has 1 aromatic carbocycles. The summed E-state index contributed by atoms with van der Waals surface area (Å²) < 4.78 is 5.06. The van der Waals surface area contributed by atoms with Gasteiger partial charge in [-0.3, -0.25) is 0 Å². The predicted octanol–water partition coefficient (Wildman–Crippen LogP) is 3.95. The van der Waals surface area contributed by atoms with Crippen molar-refractivity contribution in [3.8, 4) is 11.3 Å². The molecule has 0 aliphatic rings. The maximum atomic E-state index is 5.06. The van der Waals surface area contributed by atoms with Gasteiger partial charge >= 0.3 is 0 Å². The highest BCUT2D eigenvalue weighted by molar-refractivity contribution is 7.09. The molecular weight excluding hydrogens is 242 g/mol. The zero-order valence-electron chi connectivity index (χ0n) is 11.0. The van der Waals surface area contributed by atoms with Gasteiger partial charge in [0.05, 0.1) is 10.7 Å². The fourth-order valence-electron chi connectivity index (χ4n) is 1.84. The summed E-state index contributed by atoms with van der Waals surface area (Å²) in [6, 6.07) is 8.68. The number of benzene rings is 1. The average Bonchev–Trinajstić information content (AvgIpc) is 2.88. The fraction of sp³-hybridized carbons (Fsp3) is 0.400. The summed E-state index contributed by atoms with van der Waals surface area (Å²) in [6.45, 7) is 2.98. The number of methoxy groups -OCH3 is 1. The molecule has 18 heavy (non-hydrogen) atoms. The van der Waals surface area contributed by atoms with Gasteiger partial charge in [-0.1, -0.05) is 31.2 Å². The summed E-state index contributed by atoms with van der Waals surface area (Å²) >= 11 is 1.74. The summed E-state index contributed by atoms with van der Waals surface area (Å²) in [7, 11) is 1.74. The summed E-state index contributed by atoms with van der Waals surface area (Å²) in [5.41, 5.74) is 3.67. The Balaban J connectivity index is 2.04. The molecule has 1 heterocycles. The normalized spacial score (nSPS) is 10.8. The highest BCUT2D eigenvalue weighted by Crippen LogP contribution is 2.23. The van der Waals surface area contributed by atoms with E-state index in [4.69, 9.17) is 4.74 Å². The average molecular weight is 261 g/mol. The van der Waals surface area contributed by atoms with Gasteiger partial charge in [0.2, 0.25) is 0 Å². The van der Waals surface area contributed by atoms with Gasteiger partial charge < -0.3 is 4.74 Å². The molecule has 0 fully saturated rings. The Morgan fingerprint density at radius 1 is 1.22 bits per heavy atom. The Morgan fingerprint density at radius 2 is 2.00 bits per heavy atom. The van der Waals surface area contributed by atoms with Crippen molar-refractivity contribution in [2.75, 3.05) is 13.7 Å². The van der Waals surface area contributed by atoms with Crippen LogP contribution in [0.3, 0.4) is 0 Å². The molecule has 0 amide bonds. The lowest BCUT2D eigenvalue weighted by atomic mass is 10.1. The molecular formula is C15H19NOS. The van der Waals surface area contributed by atoms with Crippen LogP contribution in [0.4, 0.5) is 0 Å². The topological polar surface area (TPSA) is 22.1 Å². The van der Waals surface area contributed by atoms with E-state index in [0.29, 0.717) is 0 Å². The van der Waals surface area contributed by atoms with Crippen LogP contribution in [0.15, 0.2) is 29.6 Å². The Kier molecular flexibility index (Phi) is 4.90. The van der Waals surface area contributed by atoms with E-state index in [1.807, 2.05) is 0 Å². The van der Waals surface area contributed by atoms with Crippen LogP contribution in [0.1, 0.15) is 23.9 Å². The number of thiazole rings is 1. The van der Waals surface area contributed by atoms with Gasteiger partial charge in [-0.2, -0.15) is 0 Å². The number of hydrogen-bond donors (Lipinski definition) is 0. The number of nitrogens with zero attached hydrogens (tertiary/aromatic N) is 1. The van der Waals surface area contributed by atoms with Crippen molar-refractivity contribution in [3.05, 3.63) is 40.2 Å². The van der Waals surface area contributed by atoms with Gasteiger partial charge in [0, 0.05) is 31.1 Å². The molecule has 2 nitrogen and oxygen atoms in total. The summed E-state index contributed by atoms with van der Waals surface area (Å²) in [4.78, 5) is 4.67. The second kappa shape index (κ2) is 6.66. The molecule has 3 heteroatoms. The number of ether oxygens (including phenoxy) is 1. The zero-order chi connectivity index (χ0) is 12.8. The highest BCUT2D eigenvalue weighted by Gasteiger charge is 2.04. The minimum Gasteiger partial charge on any atom is -0.385 e. The first-order valence-electron chi connectivity index (χ1n) is 6.36. The molecule has 0 aliphatic carbocycles. The fourth-order valence-corrected chi connectivity index (χ4v) is 2.69. The van der Waals surface area contributed by atoms with E-state index in [1.165, 1.54) is 16.1 Å². The van der Waals surface area contributed by atoms with Crippen LogP contribution in [0, 0.1) is 0 Å². The van der Waals surface area contributed by atoms with Crippen molar-refractivity contribution >= 4 is 11.3 Å². The summed E-state index contributed by atoms with van der Waals surface area (Å²) in [6.07, 6.45) is 3.13. The lowest BCUT2D eigenvalue weighted by molar-refractivity contribution is 0.195. The van der Waals surface area contributed by atoms with E-state index in [-0.39, 0.29) is 0 Å². The van der Waals surface area contributed by atoms with Crippen LogP contribution >= 0.6 is 11.3 Å². The minimum absolute atomic E-state index is 0.806. The van der Waals surface area contributed by atoms with Crippen LogP contribution in [-0.2, 0) is 17.6 Å². The van der Waals surface area contributed by atoms with E-state index in [9.17, 15) is 0 Å². The maximum Gasteiger partial charge on any atom is 0.0933 e. The van der Waals surface area contributed by atoms with E-state index >= 15 is 0 Å². The van der Waals surface area contributed by atoms with Crippen molar-refractivity contribution in [2.24, 2.45) is 0 Å². The number of aromatic nitrogens is 1. The summed E-state index contributed by atoms with van der Waals surface area (Å²) in [5.74, 6) is 0. The Hall–Kier alpha value is -1.19. The molecule has 0 spiro atoms. The lowest BCUT2D eigenvalue weighted by Crippen LogP contribution is -1.92. The van der Waals surface area contributed by atoms with Crippen LogP contribution < -0.4 is 0 Å². The molecule has 0 saturated heterocycles. The van der Waals surface area contributed by atoms with Crippen LogP contribution in [-0.4, -0.2) is 18.7 Å². The second-order valence-corrected chi connectivity index (χ2v) is 5.22. The third-order valence-electron chi connectivity index (χ3n) is 2.95. The third-order valence-corrected chi connectivity index (χ3v) is 3.86. The van der Waals surface area contributed by atoms with Gasteiger partial charge in [-0.15, -0.1) is 11.3 Å². The molecule has 0 saturated carbocycles. The van der Waals surface area contributed by atoms with Gasteiger partial charge in [0.15, 0.2) is 0 Å². The zero-order valence-corrected chi connectivity index (χ0v) is 11.8. The largest absolute Gasteiger partial charge is 0.385 e. The lowest BCUT2D eigenvalue weighted by Gasteiger charge is -1.99. The van der Waals surface area contributed by atoms with E-state index < -0.39 is 0 Å². The predicted molar refractivity (Wildman–Crippen MR) is 77.1 cm³/mol. The van der Waals surface area contributed by atoms with E-state index in [0.717, 1.165) is 31.6 Å². The smallest absolute Gasteiger partial charge is 0.0933 e. The second-order valence-electron chi connectivity index (χ2n) is 4.27. The van der Waals surface area contributed by atoms with Crippen molar-refractivity contribution in [3.63, 3.8) is 0 Å². The molecule has 2 aromatic rings. The van der Waals surface area contributed by atoms with Gasteiger partial charge in [0.1, 0.15) is 0 Å². The third kappa shape index (κ3) is 3.40. The molecule has 0 N–H and O–H groups in total. The van der Waals surface area contributed by atoms with Gasteiger partial charge in [0.25, 0.3) is 0 Å². The number of hydrogen-bond acceptors (Lipinski definition) is 3. The van der Waals surface area contributed by atoms with E-state index in [1.54, 1.807) is 18.4 Å². The summed E-state index contributed by atoms with van der Waals surface area (Å²) in [5, 5.41) is 3.34. The minimum atomic E-state index is 0.806.